The summed E-state index contributed by atoms with van der Waals surface area (Å²) in [5.41, 5.74) is 4.39. The predicted octanol–water partition coefficient (Wildman–Crippen LogP) is 6.01. The summed E-state index contributed by atoms with van der Waals surface area (Å²) in [7, 11) is 5.24. The maximum Gasteiger partial charge on any atom is 0.261 e. The van der Waals surface area contributed by atoms with E-state index in [0.717, 1.165) is 17.0 Å². The minimum absolute atomic E-state index is 0.0626. The molecule has 1 atom stereocenters. The third-order valence-electron chi connectivity index (χ3n) is 6.71. The highest BCUT2D eigenvalue weighted by Gasteiger charge is 2.43. The van der Waals surface area contributed by atoms with Crippen LogP contribution in [0, 0.1) is 17.1 Å². The first kappa shape index (κ1) is 26.2. The fraction of sp³-hybridized carbons (Fsp3) is 0.241. The molecule has 39 heavy (non-hydrogen) atoms. The van der Waals surface area contributed by atoms with Gasteiger partial charge in [-0.05, 0) is 55.8 Å². The number of halogens is 2. The van der Waals surface area contributed by atoms with Crippen LogP contribution >= 0.6 is 11.6 Å². The van der Waals surface area contributed by atoms with Crippen LogP contribution < -0.4 is 14.5 Å². The predicted molar refractivity (Wildman–Crippen MR) is 148 cm³/mol. The summed E-state index contributed by atoms with van der Waals surface area (Å²) in [5.74, 6) is 0.0576. The molecule has 198 valence electrons. The lowest BCUT2D eigenvalue weighted by molar-refractivity contribution is 0.0993. The number of nitriles is 1. The van der Waals surface area contributed by atoms with Crippen molar-refractivity contribution in [3.8, 4) is 23.2 Å². The summed E-state index contributed by atoms with van der Waals surface area (Å²) in [5, 5.41) is 9.26. The number of rotatable bonds is 6. The number of carbonyl (C=O) groups excluding carboxylic acids is 1. The van der Waals surface area contributed by atoms with Crippen LogP contribution in [0.4, 0.5) is 16.0 Å². The van der Waals surface area contributed by atoms with E-state index in [2.05, 4.69) is 20.6 Å². The molecule has 4 aromatic rings. The van der Waals surface area contributed by atoms with Gasteiger partial charge in [0.2, 0.25) is 11.8 Å². The van der Waals surface area contributed by atoms with Gasteiger partial charge in [0.25, 0.3) is 5.91 Å². The van der Waals surface area contributed by atoms with E-state index >= 15 is 0 Å². The molecule has 5 rings (SSSR count). The van der Waals surface area contributed by atoms with E-state index in [1.165, 1.54) is 12.1 Å². The lowest BCUT2D eigenvalue weighted by Crippen LogP contribution is -2.30. The maximum atomic E-state index is 14.1. The number of hydrogen-bond acceptors (Lipinski definition) is 6. The van der Waals surface area contributed by atoms with Gasteiger partial charge in [0.05, 0.1) is 46.3 Å². The van der Waals surface area contributed by atoms with Crippen molar-refractivity contribution in [3.63, 3.8) is 0 Å². The van der Waals surface area contributed by atoms with Crippen molar-refractivity contribution in [2.45, 2.75) is 25.9 Å². The summed E-state index contributed by atoms with van der Waals surface area (Å²) >= 11 is 6.13. The summed E-state index contributed by atoms with van der Waals surface area (Å²) in [6.07, 6.45) is 1.70. The van der Waals surface area contributed by atoms with Gasteiger partial charge in [-0.2, -0.15) is 10.2 Å². The van der Waals surface area contributed by atoms with Crippen molar-refractivity contribution in [2.75, 3.05) is 31.0 Å². The first-order valence-electron chi connectivity index (χ1n) is 12.3. The van der Waals surface area contributed by atoms with Crippen molar-refractivity contribution in [3.05, 3.63) is 88.0 Å². The van der Waals surface area contributed by atoms with E-state index in [9.17, 15) is 14.4 Å². The number of hydrogen-bond donors (Lipinski definition) is 0. The molecule has 2 aromatic heterocycles. The molecule has 8 nitrogen and oxygen atoms in total. The third kappa shape index (κ3) is 4.37. The summed E-state index contributed by atoms with van der Waals surface area (Å²) in [4.78, 5) is 26.5. The average molecular weight is 545 g/mol. The molecule has 10 heteroatoms. The molecule has 0 aliphatic carbocycles. The molecular formula is C29H26ClFN6O2. The number of ether oxygens (including phenoxy) is 1. The zero-order valence-corrected chi connectivity index (χ0v) is 22.9. The third-order valence-corrected chi connectivity index (χ3v) is 7.00. The molecule has 0 radical (unpaired) electrons. The SMILES string of the molecule is COc1nc(N(C)C)ncc1-c1cc2c(n1C(C)C)C(c1ccc(C#N)cc1)N(c1ccc(F)c(Cl)c1)C2=O. The van der Waals surface area contributed by atoms with Gasteiger partial charge >= 0.3 is 0 Å². The van der Waals surface area contributed by atoms with Crippen LogP contribution in [-0.4, -0.2) is 41.6 Å². The number of nitrogens with zero attached hydrogens (tertiary/aromatic N) is 6. The highest BCUT2D eigenvalue weighted by atomic mass is 35.5. The van der Waals surface area contributed by atoms with Crippen LogP contribution in [0.5, 0.6) is 5.88 Å². The van der Waals surface area contributed by atoms with Crippen LogP contribution in [0.1, 0.15) is 53.1 Å². The molecule has 1 unspecified atom stereocenters. The Morgan fingerprint density at radius 1 is 1.13 bits per heavy atom. The molecule has 0 bridgehead atoms. The van der Waals surface area contributed by atoms with E-state index in [1.54, 1.807) is 41.3 Å². The molecule has 0 fully saturated rings. The number of benzene rings is 2. The summed E-state index contributed by atoms with van der Waals surface area (Å²) in [6.45, 7) is 4.06. The standard InChI is InChI=1S/C29H26ClFN6O2/c1-16(2)36-24(21-15-33-29(35(3)4)34-27(21)39-5)13-20-26(36)25(18-8-6-17(14-32)7-9-18)37(28(20)38)19-10-11-23(31)22(30)12-19/h6-13,15-16,25H,1-5H3. The Kier molecular flexibility index (Phi) is 6.74. The van der Waals surface area contributed by atoms with E-state index in [-0.39, 0.29) is 17.0 Å². The van der Waals surface area contributed by atoms with Crippen molar-refractivity contribution < 1.29 is 13.9 Å². The lowest BCUT2D eigenvalue weighted by atomic mass is 10.0. The molecule has 3 heterocycles. The van der Waals surface area contributed by atoms with E-state index in [0.29, 0.717) is 34.2 Å². The molecule has 1 aliphatic heterocycles. The van der Waals surface area contributed by atoms with Crippen LogP contribution in [0.25, 0.3) is 11.3 Å². The van der Waals surface area contributed by atoms with Gasteiger partial charge in [-0.3, -0.25) is 9.69 Å². The highest BCUT2D eigenvalue weighted by molar-refractivity contribution is 6.31. The lowest BCUT2D eigenvalue weighted by Gasteiger charge is -2.29. The molecule has 0 spiro atoms. The van der Waals surface area contributed by atoms with Crippen molar-refractivity contribution >= 4 is 29.1 Å². The Bertz CT molecular complexity index is 1620. The van der Waals surface area contributed by atoms with Gasteiger partial charge < -0.3 is 14.2 Å². The Morgan fingerprint density at radius 3 is 2.44 bits per heavy atom. The van der Waals surface area contributed by atoms with Gasteiger partial charge in [-0.25, -0.2) is 9.37 Å². The van der Waals surface area contributed by atoms with Crippen molar-refractivity contribution in [1.29, 1.82) is 5.26 Å². The second kappa shape index (κ2) is 10.0. The fourth-order valence-electron chi connectivity index (χ4n) is 4.98. The Labute approximate surface area is 230 Å². The number of fused-ring (bicyclic) bond motifs is 1. The normalized spacial score (nSPS) is 14.5. The van der Waals surface area contributed by atoms with Gasteiger partial charge in [0.1, 0.15) is 11.9 Å². The van der Waals surface area contributed by atoms with Gasteiger partial charge in [-0.1, -0.05) is 23.7 Å². The number of carbonyl (C=O) groups is 1. The van der Waals surface area contributed by atoms with Gasteiger partial charge in [0, 0.05) is 32.0 Å². The number of amides is 1. The average Bonchev–Trinajstić information content (AvgIpc) is 3.45. The summed E-state index contributed by atoms with van der Waals surface area (Å²) < 4.78 is 21.8. The second-order valence-corrected chi connectivity index (χ2v) is 10.1. The molecule has 1 aliphatic rings. The molecule has 0 saturated carbocycles. The van der Waals surface area contributed by atoms with Crippen molar-refractivity contribution in [1.82, 2.24) is 14.5 Å². The van der Waals surface area contributed by atoms with Crippen LogP contribution in [0.15, 0.2) is 54.7 Å². The first-order valence-corrected chi connectivity index (χ1v) is 12.7. The van der Waals surface area contributed by atoms with Crippen molar-refractivity contribution in [2.24, 2.45) is 0 Å². The molecular weight excluding hydrogens is 519 g/mol. The van der Waals surface area contributed by atoms with E-state index in [4.69, 9.17) is 16.3 Å². The number of aromatic nitrogens is 3. The Balaban J connectivity index is 1.76. The van der Waals surface area contributed by atoms with Crippen LogP contribution in [0.3, 0.4) is 0 Å². The first-order chi connectivity index (χ1) is 18.7. The fourth-order valence-corrected chi connectivity index (χ4v) is 5.15. The second-order valence-electron chi connectivity index (χ2n) is 9.69. The monoisotopic (exact) mass is 544 g/mol. The zero-order valence-electron chi connectivity index (χ0n) is 22.1. The van der Waals surface area contributed by atoms with E-state index < -0.39 is 11.9 Å². The minimum Gasteiger partial charge on any atom is -0.480 e. The smallest absolute Gasteiger partial charge is 0.261 e. The molecule has 0 N–H and O–H groups in total. The maximum absolute atomic E-state index is 14.1. The van der Waals surface area contributed by atoms with Crippen LogP contribution in [0.2, 0.25) is 5.02 Å². The molecule has 0 saturated heterocycles. The van der Waals surface area contributed by atoms with Gasteiger partial charge in [-0.15, -0.1) is 0 Å². The number of anilines is 2. The van der Waals surface area contributed by atoms with Gasteiger partial charge in [0.15, 0.2) is 0 Å². The highest BCUT2D eigenvalue weighted by Crippen LogP contribution is 2.47. The minimum atomic E-state index is -0.568. The summed E-state index contributed by atoms with van der Waals surface area (Å²) in [6, 6.07) is 14.7. The molecule has 1 amide bonds. The van der Waals surface area contributed by atoms with Crippen LogP contribution in [-0.2, 0) is 0 Å². The quantitative estimate of drug-likeness (QED) is 0.295. The topological polar surface area (TPSA) is 87.3 Å². The Hall–Kier alpha value is -4.42. The van der Waals surface area contributed by atoms with E-state index in [1.807, 2.05) is 46.1 Å². The Morgan fingerprint density at radius 2 is 1.85 bits per heavy atom. The zero-order chi connectivity index (χ0) is 28.0. The molecule has 2 aromatic carbocycles. The number of methoxy groups -OCH3 is 1. The largest absolute Gasteiger partial charge is 0.480 e.